The lowest BCUT2D eigenvalue weighted by atomic mass is 10.1. The molecule has 1 aliphatic rings. The molecule has 2 aromatic rings. The second-order valence-corrected chi connectivity index (χ2v) is 5.62. The van der Waals surface area contributed by atoms with Gasteiger partial charge in [-0.1, -0.05) is 15.9 Å². The molecule has 0 saturated heterocycles. The summed E-state index contributed by atoms with van der Waals surface area (Å²) in [6.07, 6.45) is 2.08. The maximum Gasteiger partial charge on any atom is 0.325 e. The number of carboxylic acid groups (broad SMARTS) is 1. The van der Waals surface area contributed by atoms with Crippen molar-refractivity contribution in [3.05, 3.63) is 38.7 Å². The Kier molecular flexibility index (Phi) is 2.89. The van der Waals surface area contributed by atoms with Gasteiger partial charge in [0.15, 0.2) is 0 Å². The van der Waals surface area contributed by atoms with Crippen molar-refractivity contribution in [1.82, 2.24) is 9.78 Å². The number of hydrogen-bond donors (Lipinski definition) is 1. The molecule has 6 heteroatoms. The van der Waals surface area contributed by atoms with E-state index in [2.05, 4.69) is 21.0 Å². The van der Waals surface area contributed by atoms with Gasteiger partial charge in [0.1, 0.15) is 6.54 Å². The van der Waals surface area contributed by atoms with E-state index in [-0.39, 0.29) is 5.56 Å². The molecule has 98 valence electrons. The molecule has 5 nitrogen and oxygen atoms in total. The van der Waals surface area contributed by atoms with E-state index in [1.807, 2.05) is 6.07 Å². The Hall–Kier alpha value is -1.69. The van der Waals surface area contributed by atoms with Crippen molar-refractivity contribution in [3.8, 4) is 0 Å². The van der Waals surface area contributed by atoms with Gasteiger partial charge in [-0.2, -0.15) is 5.10 Å². The minimum atomic E-state index is -1.06. The Morgan fingerprint density at radius 3 is 2.79 bits per heavy atom. The molecule has 0 spiro atoms. The maximum atomic E-state index is 12.2. The minimum Gasteiger partial charge on any atom is -0.480 e. The monoisotopic (exact) mass is 322 g/mol. The molecule has 0 atom stereocenters. The summed E-state index contributed by atoms with van der Waals surface area (Å²) in [6.45, 7) is -0.398. The van der Waals surface area contributed by atoms with Crippen LogP contribution in [0.5, 0.6) is 0 Å². The number of rotatable bonds is 3. The van der Waals surface area contributed by atoms with E-state index in [4.69, 9.17) is 5.11 Å². The fraction of sp³-hybridized carbons (Fsp3) is 0.308. The highest BCUT2D eigenvalue weighted by atomic mass is 79.9. The van der Waals surface area contributed by atoms with Gasteiger partial charge in [0.05, 0.1) is 11.1 Å². The van der Waals surface area contributed by atoms with E-state index >= 15 is 0 Å². The predicted molar refractivity (Wildman–Crippen MR) is 73.3 cm³/mol. The van der Waals surface area contributed by atoms with Gasteiger partial charge in [0.25, 0.3) is 5.56 Å². The first-order valence-electron chi connectivity index (χ1n) is 5.98. The second kappa shape index (κ2) is 4.45. The van der Waals surface area contributed by atoms with Gasteiger partial charge in [-0.15, -0.1) is 0 Å². The highest BCUT2D eigenvalue weighted by Crippen LogP contribution is 2.41. The summed E-state index contributed by atoms with van der Waals surface area (Å²) in [6, 6.07) is 5.38. The van der Waals surface area contributed by atoms with Crippen molar-refractivity contribution < 1.29 is 9.90 Å². The Morgan fingerprint density at radius 1 is 1.42 bits per heavy atom. The molecule has 0 radical (unpaired) electrons. The van der Waals surface area contributed by atoms with Crippen LogP contribution in [0.3, 0.4) is 0 Å². The molecule has 0 aliphatic heterocycles. The number of carbonyl (C=O) groups is 1. The third-order valence-corrected chi connectivity index (χ3v) is 3.69. The average Bonchev–Trinajstić information content (AvgIpc) is 3.16. The predicted octanol–water partition coefficient (Wildman–Crippen LogP) is 2.12. The van der Waals surface area contributed by atoms with E-state index in [0.717, 1.165) is 33.1 Å². The molecular formula is C13H11BrN2O3. The third-order valence-electron chi connectivity index (χ3n) is 3.20. The lowest BCUT2D eigenvalue weighted by molar-refractivity contribution is -0.138. The molecule has 1 N–H and O–H groups in total. The first-order chi connectivity index (χ1) is 9.06. The van der Waals surface area contributed by atoms with Crippen molar-refractivity contribution in [1.29, 1.82) is 0 Å². The summed E-state index contributed by atoms with van der Waals surface area (Å²) < 4.78 is 1.94. The summed E-state index contributed by atoms with van der Waals surface area (Å²) in [7, 11) is 0. The fourth-order valence-electron chi connectivity index (χ4n) is 2.18. The molecule has 1 fully saturated rings. The molecular weight excluding hydrogens is 312 g/mol. The van der Waals surface area contributed by atoms with Crippen LogP contribution in [-0.4, -0.2) is 20.9 Å². The van der Waals surface area contributed by atoms with Crippen LogP contribution in [0.15, 0.2) is 27.5 Å². The van der Waals surface area contributed by atoms with Gasteiger partial charge in [-0.3, -0.25) is 9.59 Å². The molecule has 0 bridgehead atoms. The smallest absolute Gasteiger partial charge is 0.325 e. The first-order valence-corrected chi connectivity index (χ1v) is 6.77. The quantitative estimate of drug-likeness (QED) is 0.939. The Bertz CT molecular complexity index is 734. The highest BCUT2D eigenvalue weighted by molar-refractivity contribution is 9.10. The van der Waals surface area contributed by atoms with Gasteiger partial charge >= 0.3 is 5.97 Å². The summed E-state index contributed by atoms with van der Waals surface area (Å²) >= 11 is 3.39. The van der Waals surface area contributed by atoms with E-state index < -0.39 is 12.5 Å². The minimum absolute atomic E-state index is 0.345. The highest BCUT2D eigenvalue weighted by Gasteiger charge is 2.28. The van der Waals surface area contributed by atoms with Crippen LogP contribution in [0.4, 0.5) is 0 Å². The van der Waals surface area contributed by atoms with Crippen LogP contribution in [0, 0.1) is 0 Å². The summed E-state index contributed by atoms with van der Waals surface area (Å²) in [5.41, 5.74) is 0.478. The molecule has 19 heavy (non-hydrogen) atoms. The molecule has 1 saturated carbocycles. The van der Waals surface area contributed by atoms with Crippen LogP contribution in [0.2, 0.25) is 0 Å². The maximum absolute atomic E-state index is 12.2. The SMILES string of the molecule is O=C(O)Cn1nc(C2CC2)c2cc(Br)ccc2c1=O. The lowest BCUT2D eigenvalue weighted by Gasteiger charge is -2.09. The Labute approximate surface area is 117 Å². The van der Waals surface area contributed by atoms with Crippen molar-refractivity contribution in [2.75, 3.05) is 0 Å². The topological polar surface area (TPSA) is 72.2 Å². The lowest BCUT2D eigenvalue weighted by Crippen LogP contribution is -2.27. The molecule has 1 aliphatic carbocycles. The molecule has 0 unspecified atom stereocenters. The second-order valence-electron chi connectivity index (χ2n) is 4.71. The van der Waals surface area contributed by atoms with Gasteiger partial charge in [-0.05, 0) is 31.0 Å². The molecule has 1 aromatic heterocycles. The Morgan fingerprint density at radius 2 is 2.16 bits per heavy atom. The Balaban J connectivity index is 2.30. The van der Waals surface area contributed by atoms with Crippen molar-refractivity contribution in [3.63, 3.8) is 0 Å². The van der Waals surface area contributed by atoms with Crippen LogP contribution >= 0.6 is 15.9 Å². The zero-order chi connectivity index (χ0) is 13.6. The van der Waals surface area contributed by atoms with E-state index in [9.17, 15) is 9.59 Å². The number of aromatic nitrogens is 2. The van der Waals surface area contributed by atoms with Gasteiger partial charge in [0.2, 0.25) is 0 Å². The zero-order valence-electron chi connectivity index (χ0n) is 9.97. The summed E-state index contributed by atoms with van der Waals surface area (Å²) in [4.78, 5) is 23.0. The number of nitrogens with zero attached hydrogens (tertiary/aromatic N) is 2. The largest absolute Gasteiger partial charge is 0.480 e. The summed E-state index contributed by atoms with van der Waals surface area (Å²) in [5.74, 6) is -0.717. The number of halogens is 1. The molecule has 0 amide bonds. The number of fused-ring (bicyclic) bond motifs is 1. The third kappa shape index (κ3) is 2.28. The van der Waals surface area contributed by atoms with Crippen LogP contribution in [-0.2, 0) is 11.3 Å². The van der Waals surface area contributed by atoms with Crippen molar-refractivity contribution >= 4 is 32.7 Å². The standard InChI is InChI=1S/C13H11BrN2O3/c14-8-3-4-9-10(5-8)12(7-1-2-7)15-16(13(9)19)6-11(17)18/h3-5,7H,1-2,6H2,(H,17,18). The van der Waals surface area contributed by atoms with Gasteiger partial charge in [-0.25, -0.2) is 4.68 Å². The van der Waals surface area contributed by atoms with Crippen molar-refractivity contribution in [2.24, 2.45) is 0 Å². The van der Waals surface area contributed by atoms with Gasteiger partial charge in [0, 0.05) is 15.8 Å². The average molecular weight is 323 g/mol. The molecule has 3 rings (SSSR count). The van der Waals surface area contributed by atoms with E-state index in [0.29, 0.717) is 11.3 Å². The summed E-state index contributed by atoms with van der Waals surface area (Å²) in [5, 5.41) is 14.4. The number of benzene rings is 1. The normalized spacial score (nSPS) is 14.8. The van der Waals surface area contributed by atoms with Crippen LogP contribution < -0.4 is 5.56 Å². The molecule has 1 heterocycles. The van der Waals surface area contributed by atoms with Crippen LogP contribution in [0.25, 0.3) is 10.8 Å². The zero-order valence-corrected chi connectivity index (χ0v) is 11.6. The van der Waals surface area contributed by atoms with Gasteiger partial charge < -0.3 is 5.11 Å². The van der Waals surface area contributed by atoms with Crippen LogP contribution in [0.1, 0.15) is 24.5 Å². The number of carboxylic acids is 1. The molecule has 1 aromatic carbocycles. The number of aliphatic carboxylic acids is 1. The van der Waals surface area contributed by atoms with E-state index in [1.165, 1.54) is 0 Å². The fourth-order valence-corrected chi connectivity index (χ4v) is 2.54. The first kappa shape index (κ1) is 12.3. The number of hydrogen-bond acceptors (Lipinski definition) is 3. The van der Waals surface area contributed by atoms with E-state index in [1.54, 1.807) is 12.1 Å². The van der Waals surface area contributed by atoms with Crippen molar-refractivity contribution in [2.45, 2.75) is 25.3 Å².